The third-order valence-electron chi connectivity index (χ3n) is 2.01. The zero-order chi connectivity index (χ0) is 9.14. The van der Waals surface area contributed by atoms with Crippen molar-refractivity contribution in [2.24, 2.45) is 4.99 Å². The normalized spacial score (nSPS) is 20.5. The number of nitrogens with zero attached hydrogens (tertiary/aromatic N) is 1. The highest BCUT2D eigenvalue weighted by atomic mass is 28.3. The van der Waals surface area contributed by atoms with Gasteiger partial charge in [-0.3, -0.25) is 4.99 Å². The Bertz CT molecular complexity index is 282. The molecule has 0 N–H and O–H groups in total. The molecule has 2 heteroatoms. The monoisotopic (exact) mass is 177 g/mol. The third kappa shape index (κ3) is 1.83. The molecular weight excluding hydrogens is 162 g/mol. The molecule has 1 nitrogen and oxygen atoms in total. The summed E-state index contributed by atoms with van der Waals surface area (Å²) in [6, 6.07) is 0. The fourth-order valence-electron chi connectivity index (χ4n) is 1.26. The smallest absolute Gasteiger partial charge is 0.0655 e. The van der Waals surface area contributed by atoms with Gasteiger partial charge in [-0.25, -0.2) is 0 Å². The molecule has 0 aromatic rings. The van der Waals surface area contributed by atoms with Crippen molar-refractivity contribution in [3.8, 4) is 0 Å². The minimum absolute atomic E-state index is 0.733. The van der Waals surface area contributed by atoms with Crippen LogP contribution in [0.4, 0.5) is 0 Å². The highest BCUT2D eigenvalue weighted by Gasteiger charge is 2.10. The van der Waals surface area contributed by atoms with E-state index in [1.807, 2.05) is 13.1 Å². The third-order valence-corrected chi connectivity index (χ3v) is 3.79. The fourth-order valence-corrected chi connectivity index (χ4v) is 2.60. The van der Waals surface area contributed by atoms with Gasteiger partial charge in [0.2, 0.25) is 0 Å². The van der Waals surface area contributed by atoms with Gasteiger partial charge in [-0.05, 0) is 17.7 Å². The summed E-state index contributed by atoms with van der Waals surface area (Å²) in [7, 11) is 1.09. The molecular formula is C10H15NSi. The minimum Gasteiger partial charge on any atom is -0.289 e. The van der Waals surface area contributed by atoms with Gasteiger partial charge in [0, 0.05) is 7.05 Å². The van der Waals surface area contributed by atoms with Crippen LogP contribution >= 0.6 is 0 Å². The van der Waals surface area contributed by atoms with Gasteiger partial charge in [0.1, 0.15) is 0 Å². The molecule has 0 spiro atoms. The lowest BCUT2D eigenvalue weighted by molar-refractivity contribution is 1.44. The van der Waals surface area contributed by atoms with E-state index in [0.29, 0.717) is 0 Å². The summed E-state index contributed by atoms with van der Waals surface area (Å²) in [6.45, 7) is 8.63. The number of aliphatic imine (C=N–C) groups is 1. The summed E-state index contributed by atoms with van der Waals surface area (Å²) in [6.07, 6.45) is 6.24. The Kier molecular flexibility index (Phi) is 2.81. The second-order valence-electron chi connectivity index (χ2n) is 3.26. The van der Waals surface area contributed by atoms with Gasteiger partial charge in [-0.2, -0.15) is 0 Å². The van der Waals surface area contributed by atoms with Crippen molar-refractivity contribution < 1.29 is 0 Å². The predicted molar refractivity (Wildman–Crippen MR) is 58.6 cm³/mol. The van der Waals surface area contributed by atoms with Crippen LogP contribution in [0.5, 0.6) is 0 Å². The molecule has 0 aromatic carbocycles. The van der Waals surface area contributed by atoms with Crippen LogP contribution in [0.25, 0.3) is 0 Å². The standard InChI is InChI=1S/C10H15NSi/c1-8-5-6-9(11-2)7-10(8)12(3)4/h5-7,12H,1H2,2-4H3/b11-9+. The summed E-state index contributed by atoms with van der Waals surface area (Å²) in [5.41, 5.74) is 2.24. The van der Waals surface area contributed by atoms with E-state index in [9.17, 15) is 0 Å². The summed E-state index contributed by atoms with van der Waals surface area (Å²) in [5.74, 6) is 0. The lowest BCUT2D eigenvalue weighted by Crippen LogP contribution is -2.11. The molecule has 0 saturated heterocycles. The predicted octanol–water partition coefficient (Wildman–Crippen LogP) is 2.14. The lowest BCUT2D eigenvalue weighted by Gasteiger charge is -2.14. The van der Waals surface area contributed by atoms with Crippen molar-refractivity contribution in [3.63, 3.8) is 0 Å². The van der Waals surface area contributed by atoms with Crippen molar-refractivity contribution in [1.82, 2.24) is 0 Å². The molecule has 0 aromatic heterocycles. The lowest BCUT2D eigenvalue weighted by atomic mass is 10.1. The molecule has 1 aliphatic rings. The van der Waals surface area contributed by atoms with Crippen LogP contribution in [-0.4, -0.2) is 21.6 Å². The van der Waals surface area contributed by atoms with Crippen LogP contribution in [-0.2, 0) is 0 Å². The highest BCUT2D eigenvalue weighted by Crippen LogP contribution is 2.17. The molecule has 1 aliphatic carbocycles. The topological polar surface area (TPSA) is 12.4 Å². The summed E-state index contributed by atoms with van der Waals surface area (Å²) in [5, 5.41) is 1.43. The highest BCUT2D eigenvalue weighted by molar-refractivity contribution is 6.66. The van der Waals surface area contributed by atoms with Crippen LogP contribution in [0, 0.1) is 0 Å². The molecule has 64 valence electrons. The average molecular weight is 177 g/mol. The van der Waals surface area contributed by atoms with Gasteiger partial charge in [-0.15, -0.1) is 0 Å². The van der Waals surface area contributed by atoms with Gasteiger partial charge in [-0.1, -0.05) is 30.9 Å². The summed E-state index contributed by atoms with van der Waals surface area (Å²) < 4.78 is 0. The zero-order valence-electron chi connectivity index (χ0n) is 7.96. The quantitative estimate of drug-likeness (QED) is 0.544. The van der Waals surface area contributed by atoms with Gasteiger partial charge >= 0.3 is 0 Å². The first-order valence-corrected chi connectivity index (χ1v) is 7.09. The fraction of sp³-hybridized carbons (Fsp3) is 0.300. The Balaban J connectivity index is 2.98. The molecule has 0 radical (unpaired) electrons. The van der Waals surface area contributed by atoms with Crippen molar-refractivity contribution in [2.75, 3.05) is 7.05 Å². The Morgan fingerprint density at radius 3 is 2.50 bits per heavy atom. The first-order valence-electron chi connectivity index (χ1n) is 4.21. The van der Waals surface area contributed by atoms with E-state index in [-0.39, 0.29) is 0 Å². The van der Waals surface area contributed by atoms with E-state index in [0.717, 1.165) is 5.71 Å². The molecule has 0 fully saturated rings. The number of allylic oxidation sites excluding steroid dienone is 5. The summed E-state index contributed by atoms with van der Waals surface area (Å²) >= 11 is 0. The van der Waals surface area contributed by atoms with Crippen LogP contribution in [0.1, 0.15) is 0 Å². The molecule has 0 atom stereocenters. The van der Waals surface area contributed by atoms with E-state index in [2.05, 4.69) is 36.8 Å². The molecule has 0 amide bonds. The van der Waals surface area contributed by atoms with Crippen molar-refractivity contribution in [2.45, 2.75) is 13.1 Å². The Hall–Kier alpha value is -0.893. The maximum Gasteiger partial charge on any atom is 0.0655 e. The van der Waals surface area contributed by atoms with Crippen molar-refractivity contribution in [3.05, 3.63) is 35.6 Å². The Morgan fingerprint density at radius 2 is 2.00 bits per heavy atom. The number of hydrogen-bond acceptors (Lipinski definition) is 1. The SMILES string of the molecule is C=C1C=C/C(=N\C)C=C1[SiH](C)C. The maximum atomic E-state index is 4.15. The second kappa shape index (κ2) is 3.67. The zero-order valence-corrected chi connectivity index (χ0v) is 9.12. The Labute approximate surface area is 75.8 Å². The van der Waals surface area contributed by atoms with Gasteiger partial charge < -0.3 is 0 Å². The number of rotatable bonds is 1. The molecule has 12 heavy (non-hydrogen) atoms. The minimum atomic E-state index is -0.733. The van der Waals surface area contributed by atoms with E-state index >= 15 is 0 Å². The van der Waals surface area contributed by atoms with E-state index in [1.165, 1.54) is 10.8 Å². The van der Waals surface area contributed by atoms with Crippen molar-refractivity contribution in [1.29, 1.82) is 0 Å². The maximum absolute atomic E-state index is 4.15. The molecule has 0 aliphatic heterocycles. The second-order valence-corrected chi connectivity index (χ2v) is 6.19. The van der Waals surface area contributed by atoms with E-state index < -0.39 is 8.80 Å². The molecule has 0 bridgehead atoms. The van der Waals surface area contributed by atoms with Crippen LogP contribution in [0.3, 0.4) is 0 Å². The summed E-state index contributed by atoms with van der Waals surface area (Å²) in [4.78, 5) is 4.15. The van der Waals surface area contributed by atoms with Crippen LogP contribution < -0.4 is 0 Å². The first-order chi connectivity index (χ1) is 5.65. The van der Waals surface area contributed by atoms with Crippen LogP contribution in [0.2, 0.25) is 13.1 Å². The molecule has 0 heterocycles. The van der Waals surface area contributed by atoms with Crippen LogP contribution in [0.15, 0.2) is 40.6 Å². The van der Waals surface area contributed by atoms with Gasteiger partial charge in [0.25, 0.3) is 0 Å². The largest absolute Gasteiger partial charge is 0.289 e. The van der Waals surface area contributed by atoms with Crippen molar-refractivity contribution >= 4 is 14.5 Å². The van der Waals surface area contributed by atoms with E-state index in [4.69, 9.17) is 0 Å². The molecule has 0 saturated carbocycles. The van der Waals surface area contributed by atoms with Gasteiger partial charge in [0.15, 0.2) is 0 Å². The number of hydrogen-bond donors (Lipinski definition) is 0. The van der Waals surface area contributed by atoms with E-state index in [1.54, 1.807) is 0 Å². The molecule has 1 rings (SSSR count). The van der Waals surface area contributed by atoms with Gasteiger partial charge in [0.05, 0.1) is 14.5 Å². The first kappa shape index (κ1) is 9.20. The average Bonchev–Trinajstić information content (AvgIpc) is 2.05. The molecule has 0 unspecified atom stereocenters. The Morgan fingerprint density at radius 1 is 1.33 bits per heavy atom.